The van der Waals surface area contributed by atoms with Crippen LogP contribution in [0.2, 0.25) is 0 Å². The molecule has 5 rings (SSSR count). The summed E-state index contributed by atoms with van der Waals surface area (Å²) in [5.41, 5.74) is 1.85. The van der Waals surface area contributed by atoms with Crippen LogP contribution in [0.1, 0.15) is 36.9 Å². The maximum absolute atomic E-state index is 13.5. The third kappa shape index (κ3) is 5.51. The van der Waals surface area contributed by atoms with E-state index in [-0.39, 0.29) is 23.0 Å². The Morgan fingerprint density at radius 3 is 2.45 bits per heavy atom. The fourth-order valence-electron chi connectivity index (χ4n) is 4.61. The highest BCUT2D eigenvalue weighted by Gasteiger charge is 2.31. The Bertz CT molecular complexity index is 1520. The van der Waals surface area contributed by atoms with Gasteiger partial charge in [-0.05, 0) is 73.7 Å². The van der Waals surface area contributed by atoms with E-state index in [0.717, 1.165) is 31.2 Å². The zero-order valence-electron chi connectivity index (χ0n) is 20.6. The molecule has 0 aliphatic heterocycles. The van der Waals surface area contributed by atoms with Crippen LogP contribution >= 0.6 is 0 Å². The fourth-order valence-corrected chi connectivity index (χ4v) is 4.61. The molecule has 1 aliphatic carbocycles. The number of rotatable bonds is 7. The Morgan fingerprint density at radius 2 is 1.74 bits per heavy atom. The highest BCUT2D eigenvalue weighted by Crippen LogP contribution is 2.36. The van der Waals surface area contributed by atoms with Gasteiger partial charge in [-0.1, -0.05) is 30.3 Å². The number of benzene rings is 2. The Morgan fingerprint density at radius 1 is 0.974 bits per heavy atom. The van der Waals surface area contributed by atoms with Gasteiger partial charge in [-0.3, -0.25) is 9.20 Å². The minimum Gasteiger partial charge on any atom is -0.493 e. The van der Waals surface area contributed by atoms with Gasteiger partial charge < -0.3 is 14.2 Å². The highest BCUT2D eigenvalue weighted by atomic mass is 19.4. The predicted octanol–water partition coefficient (Wildman–Crippen LogP) is 6.76. The van der Waals surface area contributed by atoms with Crippen LogP contribution in [0.4, 0.5) is 13.2 Å². The van der Waals surface area contributed by atoms with Gasteiger partial charge in [0, 0.05) is 11.8 Å². The molecule has 0 spiro atoms. The van der Waals surface area contributed by atoms with Crippen molar-refractivity contribution < 1.29 is 27.4 Å². The largest absolute Gasteiger partial charge is 0.573 e. The number of para-hydroxylation sites is 1. The van der Waals surface area contributed by atoms with E-state index in [1.807, 2.05) is 18.2 Å². The number of alkyl halides is 3. The van der Waals surface area contributed by atoms with Gasteiger partial charge in [0.05, 0.1) is 24.5 Å². The number of fused-ring (bicyclic) bond motifs is 1. The van der Waals surface area contributed by atoms with Crippen molar-refractivity contribution in [1.29, 1.82) is 0 Å². The second-order valence-corrected chi connectivity index (χ2v) is 8.91. The van der Waals surface area contributed by atoms with Gasteiger partial charge in [-0.25, -0.2) is 4.98 Å². The summed E-state index contributed by atoms with van der Waals surface area (Å²) in [6.45, 7) is 0. The third-order valence-corrected chi connectivity index (χ3v) is 6.38. The lowest BCUT2D eigenvalue weighted by molar-refractivity contribution is -0.274. The molecule has 0 atom stereocenters. The van der Waals surface area contributed by atoms with E-state index >= 15 is 0 Å². The lowest BCUT2D eigenvalue weighted by Gasteiger charge is -2.18. The van der Waals surface area contributed by atoms with Crippen LogP contribution in [-0.2, 0) is 0 Å². The van der Waals surface area contributed by atoms with Crippen molar-refractivity contribution in [2.24, 2.45) is 0 Å². The van der Waals surface area contributed by atoms with Gasteiger partial charge in [0.25, 0.3) is 5.56 Å². The number of methoxy groups -OCH3 is 1. The van der Waals surface area contributed by atoms with Crippen molar-refractivity contribution in [1.82, 2.24) is 9.38 Å². The van der Waals surface area contributed by atoms with Crippen LogP contribution in [0.3, 0.4) is 0 Å². The molecule has 4 aromatic rings. The molecule has 2 heterocycles. The molecule has 2 aromatic heterocycles. The lowest BCUT2D eigenvalue weighted by Crippen LogP contribution is -2.19. The molecule has 6 nitrogen and oxygen atoms in total. The first-order chi connectivity index (χ1) is 18.3. The zero-order valence-corrected chi connectivity index (χ0v) is 20.6. The van der Waals surface area contributed by atoms with E-state index in [0.29, 0.717) is 28.4 Å². The van der Waals surface area contributed by atoms with Crippen molar-refractivity contribution in [3.8, 4) is 28.4 Å². The summed E-state index contributed by atoms with van der Waals surface area (Å²) < 4.78 is 55.1. The van der Waals surface area contributed by atoms with Crippen LogP contribution in [-0.4, -0.2) is 29.0 Å². The first kappa shape index (κ1) is 25.4. The SMILES string of the molecule is COc1cccc(/C=C/c2nc3ccccn3c(=O)c2-c2ccc(OC(F)(F)F)cc2)c1OC1CCCC1. The molecule has 1 saturated carbocycles. The molecule has 0 radical (unpaired) electrons. The molecule has 38 heavy (non-hydrogen) atoms. The Labute approximate surface area is 216 Å². The van der Waals surface area contributed by atoms with Crippen molar-refractivity contribution in [3.05, 3.63) is 88.5 Å². The summed E-state index contributed by atoms with van der Waals surface area (Å²) in [4.78, 5) is 18.2. The third-order valence-electron chi connectivity index (χ3n) is 6.38. The molecule has 1 fully saturated rings. The maximum atomic E-state index is 13.5. The Balaban J connectivity index is 1.59. The molecular weight excluding hydrogens is 497 g/mol. The molecule has 0 amide bonds. The van der Waals surface area contributed by atoms with E-state index in [4.69, 9.17) is 9.47 Å². The standard InChI is InChI=1S/C29H25F3N2O4/c1-36-24-10-6-7-20(27(24)37-21-8-2-3-9-21)14-17-23-26(28(35)34-18-5-4-11-25(34)33-23)19-12-15-22(16-13-19)38-29(30,31)32/h4-7,10-18,21H,2-3,8-9H2,1H3/b17-14+. The summed E-state index contributed by atoms with van der Waals surface area (Å²) >= 11 is 0. The van der Waals surface area contributed by atoms with E-state index in [1.54, 1.807) is 43.7 Å². The average molecular weight is 523 g/mol. The van der Waals surface area contributed by atoms with Gasteiger partial charge in [-0.15, -0.1) is 13.2 Å². The second kappa shape index (κ2) is 10.6. The quantitative estimate of drug-likeness (QED) is 0.268. The fraction of sp³-hybridized carbons (Fsp3) is 0.241. The second-order valence-electron chi connectivity index (χ2n) is 8.91. The van der Waals surface area contributed by atoms with Crippen LogP contribution in [0.25, 0.3) is 28.9 Å². The van der Waals surface area contributed by atoms with Crippen molar-refractivity contribution in [2.75, 3.05) is 7.11 Å². The number of aromatic nitrogens is 2. The van der Waals surface area contributed by atoms with Gasteiger partial charge in [0.2, 0.25) is 0 Å². The summed E-state index contributed by atoms with van der Waals surface area (Å²) in [7, 11) is 1.58. The normalized spacial score (nSPS) is 14.3. The van der Waals surface area contributed by atoms with Crippen LogP contribution < -0.4 is 19.8 Å². The molecule has 0 saturated heterocycles. The lowest BCUT2D eigenvalue weighted by atomic mass is 10.0. The number of halogens is 3. The maximum Gasteiger partial charge on any atom is 0.573 e. The summed E-state index contributed by atoms with van der Waals surface area (Å²) in [6.07, 6.45) is 4.59. The number of hydrogen-bond donors (Lipinski definition) is 0. The average Bonchev–Trinajstić information content (AvgIpc) is 3.41. The zero-order chi connectivity index (χ0) is 26.7. The summed E-state index contributed by atoms with van der Waals surface area (Å²) in [5.74, 6) is 0.842. The molecule has 1 aliphatic rings. The summed E-state index contributed by atoms with van der Waals surface area (Å²) in [6, 6.07) is 15.9. The minimum atomic E-state index is -4.81. The van der Waals surface area contributed by atoms with Crippen molar-refractivity contribution in [3.63, 3.8) is 0 Å². The van der Waals surface area contributed by atoms with E-state index < -0.39 is 6.36 Å². The first-order valence-corrected chi connectivity index (χ1v) is 12.2. The Hall–Kier alpha value is -4.27. The molecule has 9 heteroatoms. The van der Waals surface area contributed by atoms with Crippen molar-refractivity contribution in [2.45, 2.75) is 38.1 Å². The molecule has 2 aromatic carbocycles. The molecular formula is C29H25F3N2O4. The first-order valence-electron chi connectivity index (χ1n) is 12.2. The predicted molar refractivity (Wildman–Crippen MR) is 138 cm³/mol. The topological polar surface area (TPSA) is 62.1 Å². The van der Waals surface area contributed by atoms with E-state index in [9.17, 15) is 18.0 Å². The van der Waals surface area contributed by atoms with E-state index in [2.05, 4.69) is 9.72 Å². The number of nitrogens with zero attached hydrogens (tertiary/aromatic N) is 2. The Kier molecular flexibility index (Phi) is 7.09. The van der Waals surface area contributed by atoms with Crippen LogP contribution in [0, 0.1) is 0 Å². The molecule has 0 unspecified atom stereocenters. The number of hydrogen-bond acceptors (Lipinski definition) is 5. The van der Waals surface area contributed by atoms with Crippen LogP contribution in [0.5, 0.6) is 17.2 Å². The molecule has 0 bridgehead atoms. The molecule has 0 N–H and O–H groups in total. The van der Waals surface area contributed by atoms with Gasteiger partial charge >= 0.3 is 6.36 Å². The number of ether oxygens (including phenoxy) is 3. The highest BCUT2D eigenvalue weighted by molar-refractivity contribution is 5.81. The minimum absolute atomic E-state index is 0.106. The van der Waals surface area contributed by atoms with Gasteiger partial charge in [0.1, 0.15) is 11.4 Å². The monoisotopic (exact) mass is 522 g/mol. The van der Waals surface area contributed by atoms with Gasteiger partial charge in [-0.2, -0.15) is 0 Å². The molecule has 196 valence electrons. The van der Waals surface area contributed by atoms with Crippen molar-refractivity contribution >= 4 is 17.8 Å². The summed E-state index contributed by atoms with van der Waals surface area (Å²) in [5, 5.41) is 0. The van der Waals surface area contributed by atoms with Gasteiger partial charge in [0.15, 0.2) is 11.5 Å². The van der Waals surface area contributed by atoms with Crippen LogP contribution in [0.15, 0.2) is 71.7 Å². The van der Waals surface area contributed by atoms with E-state index in [1.165, 1.54) is 28.7 Å². The smallest absolute Gasteiger partial charge is 0.493 e. The number of pyridine rings is 1.